The normalized spacial score (nSPS) is 18.8. The molecule has 1 aliphatic heterocycles. The molecule has 0 unspecified atom stereocenters. The second-order valence-corrected chi connectivity index (χ2v) is 4.28. The highest BCUT2D eigenvalue weighted by atomic mass is 15.1. The first kappa shape index (κ1) is 10.8. The Bertz CT molecular complexity index is 394. The minimum atomic E-state index is -0.291. The van der Waals surface area contributed by atoms with E-state index < -0.39 is 0 Å². The van der Waals surface area contributed by atoms with E-state index in [0.717, 1.165) is 31.5 Å². The summed E-state index contributed by atoms with van der Waals surface area (Å²) in [5.74, 6) is 0. The summed E-state index contributed by atoms with van der Waals surface area (Å²) in [5, 5.41) is 9.46. The van der Waals surface area contributed by atoms with E-state index >= 15 is 0 Å². The molecule has 0 N–H and O–H groups in total. The molecule has 0 aromatic heterocycles. The number of benzene rings is 1. The highest BCUT2D eigenvalue weighted by Crippen LogP contribution is 2.34. The van der Waals surface area contributed by atoms with Gasteiger partial charge in [0.25, 0.3) is 0 Å². The SMILES string of the molecule is C=CN1CCC(C#N)(c2ccccc2)CC1. The Morgan fingerprint density at radius 3 is 2.38 bits per heavy atom. The second kappa shape index (κ2) is 4.40. The van der Waals surface area contributed by atoms with Crippen molar-refractivity contribution in [3.8, 4) is 6.07 Å². The molecule has 82 valence electrons. The summed E-state index contributed by atoms with van der Waals surface area (Å²) >= 11 is 0. The molecule has 1 aromatic rings. The Morgan fingerprint density at radius 2 is 1.88 bits per heavy atom. The molecule has 2 rings (SSSR count). The highest BCUT2D eigenvalue weighted by Gasteiger charge is 2.35. The van der Waals surface area contributed by atoms with Gasteiger partial charge in [0.15, 0.2) is 0 Å². The van der Waals surface area contributed by atoms with E-state index in [1.165, 1.54) is 0 Å². The fraction of sp³-hybridized carbons (Fsp3) is 0.357. The molecule has 1 saturated heterocycles. The maximum Gasteiger partial charge on any atom is 0.0855 e. The van der Waals surface area contributed by atoms with Crippen molar-refractivity contribution in [3.05, 3.63) is 48.7 Å². The summed E-state index contributed by atoms with van der Waals surface area (Å²) in [6, 6.07) is 12.7. The van der Waals surface area contributed by atoms with E-state index in [1.807, 2.05) is 24.4 Å². The number of hydrogen-bond donors (Lipinski definition) is 0. The quantitative estimate of drug-likeness (QED) is 0.753. The van der Waals surface area contributed by atoms with Crippen molar-refractivity contribution in [2.45, 2.75) is 18.3 Å². The topological polar surface area (TPSA) is 27.0 Å². The van der Waals surface area contributed by atoms with Crippen LogP contribution in [-0.2, 0) is 5.41 Å². The van der Waals surface area contributed by atoms with Gasteiger partial charge < -0.3 is 4.90 Å². The van der Waals surface area contributed by atoms with Crippen molar-refractivity contribution in [2.75, 3.05) is 13.1 Å². The maximum absolute atomic E-state index is 9.46. The lowest BCUT2D eigenvalue weighted by molar-refractivity contribution is 0.246. The molecule has 2 heteroatoms. The van der Waals surface area contributed by atoms with Gasteiger partial charge in [0.1, 0.15) is 0 Å². The molecule has 1 aliphatic rings. The van der Waals surface area contributed by atoms with Gasteiger partial charge in [-0.1, -0.05) is 36.9 Å². The third-order valence-electron chi connectivity index (χ3n) is 3.45. The van der Waals surface area contributed by atoms with E-state index in [1.54, 1.807) is 0 Å². The van der Waals surface area contributed by atoms with Crippen LogP contribution in [0.5, 0.6) is 0 Å². The summed E-state index contributed by atoms with van der Waals surface area (Å²) in [5.41, 5.74) is 0.863. The average Bonchev–Trinajstić information content (AvgIpc) is 2.40. The van der Waals surface area contributed by atoms with Gasteiger partial charge >= 0.3 is 0 Å². The Morgan fingerprint density at radius 1 is 1.25 bits per heavy atom. The summed E-state index contributed by atoms with van der Waals surface area (Å²) in [7, 11) is 0. The van der Waals surface area contributed by atoms with Crippen LogP contribution in [0.4, 0.5) is 0 Å². The standard InChI is InChI=1S/C14H16N2/c1-2-16-10-8-14(12-15,9-11-16)13-6-4-3-5-7-13/h2-7H,1,8-11H2. The molecule has 1 aromatic carbocycles. The van der Waals surface area contributed by atoms with Crippen molar-refractivity contribution in [1.82, 2.24) is 4.90 Å². The first-order valence-electron chi connectivity index (χ1n) is 5.64. The monoisotopic (exact) mass is 212 g/mol. The fourth-order valence-corrected chi connectivity index (χ4v) is 2.31. The largest absolute Gasteiger partial charge is 0.378 e. The molecule has 1 fully saturated rings. The number of rotatable bonds is 2. The molecule has 16 heavy (non-hydrogen) atoms. The predicted octanol–water partition coefficient (Wildman–Crippen LogP) is 2.69. The van der Waals surface area contributed by atoms with Crippen LogP contribution >= 0.6 is 0 Å². The Kier molecular flexibility index (Phi) is 2.96. The summed E-state index contributed by atoms with van der Waals surface area (Å²) in [6.07, 6.45) is 3.64. The zero-order chi connectivity index (χ0) is 11.4. The first-order chi connectivity index (χ1) is 7.80. The van der Waals surface area contributed by atoms with E-state index in [4.69, 9.17) is 0 Å². The number of piperidine rings is 1. The first-order valence-corrected chi connectivity index (χ1v) is 5.64. The Hall–Kier alpha value is -1.75. The van der Waals surface area contributed by atoms with E-state index in [9.17, 15) is 5.26 Å². The lowest BCUT2D eigenvalue weighted by Gasteiger charge is -2.37. The minimum Gasteiger partial charge on any atom is -0.378 e. The van der Waals surface area contributed by atoms with Crippen LogP contribution < -0.4 is 0 Å². The maximum atomic E-state index is 9.46. The van der Waals surface area contributed by atoms with Gasteiger partial charge in [0, 0.05) is 13.1 Å². The van der Waals surface area contributed by atoms with Gasteiger partial charge in [-0.05, 0) is 24.6 Å². The van der Waals surface area contributed by atoms with Gasteiger partial charge in [-0.25, -0.2) is 0 Å². The van der Waals surface area contributed by atoms with Crippen molar-refractivity contribution in [2.24, 2.45) is 0 Å². The van der Waals surface area contributed by atoms with Crippen molar-refractivity contribution in [3.63, 3.8) is 0 Å². The molecular weight excluding hydrogens is 196 g/mol. The third-order valence-corrected chi connectivity index (χ3v) is 3.45. The van der Waals surface area contributed by atoms with Crippen molar-refractivity contribution < 1.29 is 0 Å². The van der Waals surface area contributed by atoms with Gasteiger partial charge in [0.2, 0.25) is 0 Å². The Balaban J connectivity index is 2.23. The molecule has 0 saturated carbocycles. The van der Waals surface area contributed by atoms with Gasteiger partial charge in [0.05, 0.1) is 11.5 Å². The molecule has 1 heterocycles. The van der Waals surface area contributed by atoms with Gasteiger partial charge in [-0.2, -0.15) is 5.26 Å². The molecule has 2 nitrogen and oxygen atoms in total. The number of likely N-dealkylation sites (tertiary alicyclic amines) is 1. The smallest absolute Gasteiger partial charge is 0.0855 e. The summed E-state index contributed by atoms with van der Waals surface area (Å²) in [4.78, 5) is 2.18. The molecular formula is C14H16N2. The van der Waals surface area contributed by atoms with Crippen LogP contribution in [0.2, 0.25) is 0 Å². The molecule has 0 bridgehead atoms. The fourth-order valence-electron chi connectivity index (χ4n) is 2.31. The van der Waals surface area contributed by atoms with E-state index in [2.05, 4.69) is 29.7 Å². The zero-order valence-electron chi connectivity index (χ0n) is 9.39. The molecule has 0 atom stereocenters. The van der Waals surface area contributed by atoms with E-state index in [0.29, 0.717) is 0 Å². The molecule has 0 spiro atoms. The average molecular weight is 212 g/mol. The van der Waals surface area contributed by atoms with E-state index in [-0.39, 0.29) is 5.41 Å². The number of nitrogens with zero attached hydrogens (tertiary/aromatic N) is 2. The van der Waals surface area contributed by atoms with Crippen LogP contribution in [0.25, 0.3) is 0 Å². The van der Waals surface area contributed by atoms with Gasteiger partial charge in [-0.3, -0.25) is 0 Å². The molecule has 0 amide bonds. The van der Waals surface area contributed by atoms with Crippen molar-refractivity contribution in [1.29, 1.82) is 5.26 Å². The number of hydrogen-bond acceptors (Lipinski definition) is 2. The van der Waals surface area contributed by atoms with Crippen LogP contribution in [-0.4, -0.2) is 18.0 Å². The van der Waals surface area contributed by atoms with Crippen LogP contribution in [0.1, 0.15) is 18.4 Å². The third kappa shape index (κ3) is 1.81. The molecule has 0 aliphatic carbocycles. The lowest BCUT2D eigenvalue weighted by Crippen LogP contribution is -2.39. The van der Waals surface area contributed by atoms with Crippen LogP contribution in [0.15, 0.2) is 43.1 Å². The summed E-state index contributed by atoms with van der Waals surface area (Å²) < 4.78 is 0. The molecule has 0 radical (unpaired) electrons. The van der Waals surface area contributed by atoms with Crippen LogP contribution in [0.3, 0.4) is 0 Å². The van der Waals surface area contributed by atoms with Crippen molar-refractivity contribution >= 4 is 0 Å². The lowest BCUT2D eigenvalue weighted by atomic mass is 9.74. The Labute approximate surface area is 96.8 Å². The van der Waals surface area contributed by atoms with Gasteiger partial charge in [-0.15, -0.1) is 0 Å². The predicted molar refractivity (Wildman–Crippen MR) is 64.7 cm³/mol. The number of nitriles is 1. The minimum absolute atomic E-state index is 0.291. The zero-order valence-corrected chi connectivity index (χ0v) is 9.39. The summed E-state index contributed by atoms with van der Waals surface area (Å²) in [6.45, 7) is 5.62. The highest BCUT2D eigenvalue weighted by molar-refractivity contribution is 5.33. The van der Waals surface area contributed by atoms with Crippen LogP contribution in [0, 0.1) is 11.3 Å². The second-order valence-electron chi connectivity index (χ2n) is 4.28.